The van der Waals surface area contributed by atoms with Crippen LogP contribution in [-0.4, -0.2) is 37.1 Å². The molecule has 2 aromatic rings. The van der Waals surface area contributed by atoms with Gasteiger partial charge in [-0.1, -0.05) is 11.6 Å². The van der Waals surface area contributed by atoms with E-state index in [2.05, 4.69) is 11.1 Å². The van der Waals surface area contributed by atoms with Crippen molar-refractivity contribution in [3.63, 3.8) is 0 Å². The van der Waals surface area contributed by atoms with Gasteiger partial charge >= 0.3 is 0 Å². The van der Waals surface area contributed by atoms with Crippen LogP contribution >= 0.6 is 11.6 Å². The molecular weight excluding hydrogens is 296 g/mol. The van der Waals surface area contributed by atoms with Crippen LogP contribution in [0.25, 0.3) is 10.9 Å². The maximum Gasteiger partial charge on any atom is 0.211 e. The molecule has 0 amide bonds. The van der Waals surface area contributed by atoms with Crippen molar-refractivity contribution in [2.75, 3.05) is 19.3 Å². The summed E-state index contributed by atoms with van der Waals surface area (Å²) in [7, 11) is -3.11. The highest BCUT2D eigenvalue weighted by Crippen LogP contribution is 2.30. The number of rotatable bonds is 2. The van der Waals surface area contributed by atoms with E-state index in [1.165, 1.54) is 6.26 Å². The van der Waals surface area contributed by atoms with Crippen molar-refractivity contribution in [3.05, 3.63) is 35.0 Å². The smallest absolute Gasteiger partial charge is 0.211 e. The quantitative estimate of drug-likeness (QED) is 0.927. The van der Waals surface area contributed by atoms with Crippen LogP contribution in [0.2, 0.25) is 5.02 Å². The number of fused-ring (bicyclic) bond motifs is 1. The van der Waals surface area contributed by atoms with E-state index in [0.717, 1.165) is 29.4 Å². The van der Waals surface area contributed by atoms with Crippen molar-refractivity contribution >= 4 is 32.5 Å². The van der Waals surface area contributed by atoms with Crippen LogP contribution in [0.15, 0.2) is 24.3 Å². The number of halogens is 1. The van der Waals surface area contributed by atoms with Gasteiger partial charge in [0.05, 0.1) is 6.26 Å². The van der Waals surface area contributed by atoms with Crippen LogP contribution in [0, 0.1) is 0 Å². The van der Waals surface area contributed by atoms with Crippen LogP contribution in [-0.2, 0) is 10.0 Å². The zero-order valence-electron chi connectivity index (χ0n) is 11.3. The van der Waals surface area contributed by atoms with Gasteiger partial charge in [0, 0.05) is 40.6 Å². The molecule has 6 heteroatoms. The predicted molar refractivity (Wildman–Crippen MR) is 81.7 cm³/mol. The van der Waals surface area contributed by atoms with E-state index in [9.17, 15) is 8.42 Å². The molecule has 0 aliphatic carbocycles. The number of piperidine rings is 1. The molecule has 1 aromatic heterocycles. The third kappa shape index (κ3) is 2.71. The normalized spacial score (nSPS) is 21.4. The van der Waals surface area contributed by atoms with E-state index in [-0.39, 0.29) is 5.92 Å². The highest BCUT2D eigenvalue weighted by atomic mass is 35.5. The lowest BCUT2D eigenvalue weighted by atomic mass is 9.96. The molecule has 4 nitrogen and oxygen atoms in total. The first-order chi connectivity index (χ1) is 9.43. The predicted octanol–water partition coefficient (Wildman–Crippen LogP) is 2.96. The summed E-state index contributed by atoms with van der Waals surface area (Å²) in [6, 6.07) is 7.82. The van der Waals surface area contributed by atoms with E-state index in [0.29, 0.717) is 18.1 Å². The first-order valence-corrected chi connectivity index (χ1v) is 8.89. The highest BCUT2D eigenvalue weighted by molar-refractivity contribution is 7.88. The summed E-state index contributed by atoms with van der Waals surface area (Å²) in [4.78, 5) is 3.38. The Kier molecular flexibility index (Phi) is 3.52. The third-order valence-electron chi connectivity index (χ3n) is 3.90. The molecule has 1 N–H and O–H groups in total. The van der Waals surface area contributed by atoms with Crippen molar-refractivity contribution in [3.8, 4) is 0 Å². The molecule has 1 aromatic carbocycles. The number of aromatic amines is 1. The molecule has 108 valence electrons. The number of H-pyrrole nitrogens is 1. The molecule has 1 atom stereocenters. The Hall–Kier alpha value is -1.04. The van der Waals surface area contributed by atoms with Crippen LogP contribution in [0.1, 0.15) is 24.5 Å². The summed E-state index contributed by atoms with van der Waals surface area (Å²) in [5.74, 6) is 0.227. The van der Waals surface area contributed by atoms with Crippen LogP contribution in [0.4, 0.5) is 0 Å². The highest BCUT2D eigenvalue weighted by Gasteiger charge is 2.27. The third-order valence-corrected chi connectivity index (χ3v) is 5.40. The lowest BCUT2D eigenvalue weighted by Crippen LogP contribution is -2.38. The zero-order chi connectivity index (χ0) is 14.3. The molecule has 0 bridgehead atoms. The molecule has 1 unspecified atom stereocenters. The average molecular weight is 313 g/mol. The number of nitrogens with zero attached hydrogens (tertiary/aromatic N) is 1. The van der Waals surface area contributed by atoms with Gasteiger partial charge in [0.1, 0.15) is 0 Å². The van der Waals surface area contributed by atoms with Crippen molar-refractivity contribution in [2.24, 2.45) is 0 Å². The van der Waals surface area contributed by atoms with Crippen molar-refractivity contribution in [1.29, 1.82) is 0 Å². The van der Waals surface area contributed by atoms with E-state index in [4.69, 9.17) is 11.6 Å². The maximum absolute atomic E-state index is 11.7. The van der Waals surface area contributed by atoms with Gasteiger partial charge in [-0.05, 0) is 37.1 Å². The average Bonchev–Trinajstić information content (AvgIpc) is 2.81. The summed E-state index contributed by atoms with van der Waals surface area (Å²) >= 11 is 6.00. The molecule has 1 aliphatic heterocycles. The topological polar surface area (TPSA) is 53.2 Å². The fourth-order valence-electron chi connectivity index (χ4n) is 2.84. The Morgan fingerprint density at radius 2 is 2.15 bits per heavy atom. The van der Waals surface area contributed by atoms with Crippen LogP contribution in [0.3, 0.4) is 0 Å². The number of nitrogens with one attached hydrogen (secondary N) is 1. The minimum absolute atomic E-state index is 0.227. The van der Waals surface area contributed by atoms with Gasteiger partial charge in [-0.2, -0.15) is 0 Å². The summed E-state index contributed by atoms with van der Waals surface area (Å²) in [6.45, 7) is 1.18. The fourth-order valence-corrected chi connectivity index (χ4v) is 3.94. The molecule has 0 spiro atoms. The van der Waals surface area contributed by atoms with Gasteiger partial charge in [-0.25, -0.2) is 12.7 Å². The van der Waals surface area contributed by atoms with E-state index < -0.39 is 10.0 Å². The molecule has 3 rings (SSSR count). The second-order valence-electron chi connectivity index (χ2n) is 5.42. The standard InChI is InChI=1S/C14H17ClN2O2S/c1-20(18,19)17-6-2-3-10(9-17)14-8-11-7-12(15)4-5-13(11)16-14/h4-5,7-8,10,16H,2-3,6,9H2,1H3. The summed E-state index contributed by atoms with van der Waals surface area (Å²) in [6.07, 6.45) is 3.18. The van der Waals surface area contributed by atoms with Crippen molar-refractivity contribution in [2.45, 2.75) is 18.8 Å². The van der Waals surface area contributed by atoms with Gasteiger partial charge in [0.2, 0.25) is 10.0 Å². The summed E-state index contributed by atoms with van der Waals surface area (Å²) in [5.41, 5.74) is 2.14. The second-order valence-corrected chi connectivity index (χ2v) is 7.84. The lowest BCUT2D eigenvalue weighted by molar-refractivity contribution is 0.315. The first kappa shape index (κ1) is 13.9. The molecule has 0 saturated carbocycles. The zero-order valence-corrected chi connectivity index (χ0v) is 12.8. The number of hydrogen-bond donors (Lipinski definition) is 1. The van der Waals surface area contributed by atoms with E-state index in [1.54, 1.807) is 4.31 Å². The van der Waals surface area contributed by atoms with Gasteiger partial charge in [-0.15, -0.1) is 0 Å². The molecule has 1 fully saturated rings. The maximum atomic E-state index is 11.7. The fraction of sp³-hybridized carbons (Fsp3) is 0.429. The first-order valence-electron chi connectivity index (χ1n) is 6.67. The number of benzene rings is 1. The van der Waals surface area contributed by atoms with Gasteiger partial charge in [0.25, 0.3) is 0 Å². The van der Waals surface area contributed by atoms with Crippen molar-refractivity contribution < 1.29 is 8.42 Å². The number of sulfonamides is 1. The monoisotopic (exact) mass is 312 g/mol. The Labute approximate surface area is 123 Å². The summed E-state index contributed by atoms with van der Waals surface area (Å²) < 4.78 is 24.9. The Balaban J connectivity index is 1.90. The van der Waals surface area contributed by atoms with Gasteiger partial charge in [0.15, 0.2) is 0 Å². The van der Waals surface area contributed by atoms with Crippen LogP contribution in [0.5, 0.6) is 0 Å². The molecule has 1 saturated heterocycles. The number of aromatic nitrogens is 1. The van der Waals surface area contributed by atoms with Gasteiger partial charge < -0.3 is 4.98 Å². The van der Waals surface area contributed by atoms with E-state index in [1.807, 2.05) is 18.2 Å². The molecular formula is C14H17ClN2O2S. The Bertz CT molecular complexity index is 739. The minimum atomic E-state index is -3.11. The Morgan fingerprint density at radius 3 is 2.90 bits per heavy atom. The molecule has 20 heavy (non-hydrogen) atoms. The largest absolute Gasteiger partial charge is 0.358 e. The second kappa shape index (κ2) is 5.06. The Morgan fingerprint density at radius 1 is 1.35 bits per heavy atom. The van der Waals surface area contributed by atoms with Gasteiger partial charge in [-0.3, -0.25) is 0 Å². The minimum Gasteiger partial charge on any atom is -0.358 e. The van der Waals surface area contributed by atoms with Crippen molar-refractivity contribution in [1.82, 2.24) is 9.29 Å². The lowest BCUT2D eigenvalue weighted by Gasteiger charge is -2.30. The molecule has 0 radical (unpaired) electrons. The molecule has 2 heterocycles. The van der Waals surface area contributed by atoms with E-state index >= 15 is 0 Å². The SMILES string of the molecule is CS(=O)(=O)N1CCCC(c2cc3cc(Cl)ccc3[nH]2)C1. The summed E-state index contributed by atoms with van der Waals surface area (Å²) in [5, 5.41) is 1.79. The van der Waals surface area contributed by atoms with Crippen LogP contribution < -0.4 is 0 Å². The molecule has 1 aliphatic rings. The number of hydrogen-bond acceptors (Lipinski definition) is 2.